The van der Waals surface area contributed by atoms with Crippen LogP contribution in [0.15, 0.2) is 83.8 Å². The van der Waals surface area contributed by atoms with Crippen LogP contribution in [-0.2, 0) is 14.8 Å². The van der Waals surface area contributed by atoms with Crippen LogP contribution >= 0.6 is 0 Å². The molecule has 0 aliphatic heterocycles. The highest BCUT2D eigenvalue weighted by molar-refractivity contribution is 7.92. The molecule has 0 radical (unpaired) electrons. The number of rotatable bonds is 6. The van der Waals surface area contributed by atoms with Gasteiger partial charge >= 0.3 is 5.97 Å². The number of para-hydroxylation sites is 1. The Hall–Kier alpha value is -3.65. The van der Waals surface area contributed by atoms with Gasteiger partial charge in [-0.05, 0) is 54.6 Å². The van der Waals surface area contributed by atoms with Crippen LogP contribution in [0.4, 0.5) is 11.4 Å². The third kappa shape index (κ3) is 4.99. The molecule has 0 bridgehead atoms. The summed E-state index contributed by atoms with van der Waals surface area (Å²) >= 11 is 0. The molecule has 2 N–H and O–H groups in total. The summed E-state index contributed by atoms with van der Waals surface area (Å²) in [5, 5.41) is 2.66. The molecule has 8 heteroatoms. The largest absolute Gasteiger partial charge is 0.465 e. The highest BCUT2D eigenvalue weighted by atomic mass is 32.2. The first kappa shape index (κ1) is 20.1. The highest BCUT2D eigenvalue weighted by Gasteiger charge is 2.15. The fourth-order valence-electron chi connectivity index (χ4n) is 2.55. The molecule has 0 atom stereocenters. The van der Waals surface area contributed by atoms with Crippen LogP contribution in [0.5, 0.6) is 0 Å². The molecule has 0 aromatic heterocycles. The normalized spacial score (nSPS) is 10.8. The zero-order valence-corrected chi connectivity index (χ0v) is 16.3. The standard InChI is InChI=1S/C21H18N2O5S/c1-28-21(25)16-6-5-9-18(14-16)22-20(24)15-10-12-19(13-11-15)29(26,27)23-17-7-3-2-4-8-17/h2-14,23H,1H3,(H,22,24). The van der Waals surface area contributed by atoms with Crippen molar-refractivity contribution in [3.8, 4) is 0 Å². The van der Waals surface area contributed by atoms with Gasteiger partial charge in [-0.2, -0.15) is 0 Å². The number of esters is 1. The fraction of sp³-hybridized carbons (Fsp3) is 0.0476. The first-order chi connectivity index (χ1) is 13.9. The molecule has 0 aliphatic rings. The van der Waals surface area contributed by atoms with Crippen LogP contribution in [-0.4, -0.2) is 27.4 Å². The summed E-state index contributed by atoms with van der Waals surface area (Å²) in [5.41, 5.74) is 1.44. The van der Waals surface area contributed by atoms with Gasteiger partial charge in [-0.3, -0.25) is 9.52 Å². The van der Waals surface area contributed by atoms with Crippen LogP contribution < -0.4 is 10.0 Å². The first-order valence-electron chi connectivity index (χ1n) is 8.57. The van der Waals surface area contributed by atoms with Crippen molar-refractivity contribution in [1.29, 1.82) is 0 Å². The molecule has 3 aromatic carbocycles. The lowest BCUT2D eigenvalue weighted by molar-refractivity contribution is 0.0600. The zero-order chi connectivity index (χ0) is 20.9. The lowest BCUT2D eigenvalue weighted by Gasteiger charge is -2.09. The second kappa shape index (κ2) is 8.57. The molecule has 0 fully saturated rings. The second-order valence-corrected chi connectivity index (χ2v) is 7.70. The Morgan fingerprint density at radius 3 is 2.10 bits per heavy atom. The maximum atomic E-state index is 12.4. The van der Waals surface area contributed by atoms with E-state index in [-0.39, 0.29) is 10.5 Å². The molecule has 0 saturated heterocycles. The van der Waals surface area contributed by atoms with Gasteiger partial charge in [0, 0.05) is 16.9 Å². The van der Waals surface area contributed by atoms with Gasteiger partial charge in [-0.25, -0.2) is 13.2 Å². The molecule has 0 aliphatic carbocycles. The molecule has 0 spiro atoms. The van der Waals surface area contributed by atoms with E-state index in [2.05, 4.69) is 14.8 Å². The Balaban J connectivity index is 1.73. The van der Waals surface area contributed by atoms with Crippen molar-refractivity contribution >= 4 is 33.3 Å². The van der Waals surface area contributed by atoms with Gasteiger partial charge in [0.15, 0.2) is 0 Å². The first-order valence-corrected chi connectivity index (χ1v) is 10.0. The minimum absolute atomic E-state index is 0.0330. The fourth-order valence-corrected chi connectivity index (χ4v) is 3.61. The Bertz CT molecular complexity index is 1130. The molecular formula is C21H18N2O5S. The van der Waals surface area contributed by atoms with Crippen molar-refractivity contribution in [1.82, 2.24) is 0 Å². The topological polar surface area (TPSA) is 102 Å². The van der Waals surface area contributed by atoms with Gasteiger partial charge < -0.3 is 10.1 Å². The summed E-state index contributed by atoms with van der Waals surface area (Å²) in [4.78, 5) is 24.0. The van der Waals surface area contributed by atoms with Crippen molar-refractivity contribution in [2.45, 2.75) is 4.90 Å². The molecule has 29 heavy (non-hydrogen) atoms. The Labute approximate surface area is 168 Å². The summed E-state index contributed by atoms with van der Waals surface area (Å²) in [6.07, 6.45) is 0. The maximum Gasteiger partial charge on any atom is 0.337 e. The lowest BCUT2D eigenvalue weighted by Crippen LogP contribution is -2.15. The summed E-state index contributed by atoms with van der Waals surface area (Å²) < 4.78 is 32.0. The molecule has 1 amide bonds. The molecular weight excluding hydrogens is 392 g/mol. The predicted octanol–water partition coefficient (Wildman–Crippen LogP) is 3.53. The quantitative estimate of drug-likeness (QED) is 0.606. The number of carbonyl (C=O) groups excluding carboxylic acids is 2. The average Bonchev–Trinajstić information content (AvgIpc) is 2.74. The zero-order valence-electron chi connectivity index (χ0n) is 15.5. The summed E-state index contributed by atoms with van der Waals surface area (Å²) in [6, 6.07) is 20.4. The van der Waals surface area contributed by atoms with Gasteiger partial charge in [0.05, 0.1) is 17.6 Å². The number of amides is 1. The number of hydrogen-bond acceptors (Lipinski definition) is 5. The summed E-state index contributed by atoms with van der Waals surface area (Å²) in [5.74, 6) is -0.950. The molecule has 0 heterocycles. The van der Waals surface area contributed by atoms with E-state index in [1.165, 1.54) is 37.4 Å². The van der Waals surface area contributed by atoms with Gasteiger partial charge in [0.25, 0.3) is 15.9 Å². The van der Waals surface area contributed by atoms with Crippen LogP contribution in [0, 0.1) is 0 Å². The van der Waals surface area contributed by atoms with E-state index in [1.807, 2.05) is 0 Å². The Kier molecular flexibility index (Phi) is 5.94. The van der Waals surface area contributed by atoms with Crippen LogP contribution in [0.3, 0.4) is 0 Å². The molecule has 0 unspecified atom stereocenters. The smallest absolute Gasteiger partial charge is 0.337 e. The van der Waals surface area contributed by atoms with Crippen molar-refractivity contribution in [2.75, 3.05) is 17.1 Å². The average molecular weight is 410 g/mol. The van der Waals surface area contributed by atoms with E-state index in [0.29, 0.717) is 16.9 Å². The Morgan fingerprint density at radius 1 is 0.793 bits per heavy atom. The lowest BCUT2D eigenvalue weighted by atomic mass is 10.1. The van der Waals surface area contributed by atoms with Crippen molar-refractivity contribution in [3.63, 3.8) is 0 Å². The van der Waals surface area contributed by atoms with Crippen LogP contribution in [0.1, 0.15) is 20.7 Å². The Morgan fingerprint density at radius 2 is 1.45 bits per heavy atom. The monoisotopic (exact) mass is 410 g/mol. The number of benzene rings is 3. The SMILES string of the molecule is COC(=O)c1cccc(NC(=O)c2ccc(S(=O)(=O)Nc3ccccc3)cc2)c1. The van der Waals surface area contributed by atoms with E-state index >= 15 is 0 Å². The van der Waals surface area contributed by atoms with E-state index in [9.17, 15) is 18.0 Å². The van der Waals surface area contributed by atoms with Crippen molar-refractivity contribution in [2.24, 2.45) is 0 Å². The molecule has 0 saturated carbocycles. The van der Waals surface area contributed by atoms with Gasteiger partial charge in [0.1, 0.15) is 0 Å². The highest BCUT2D eigenvalue weighted by Crippen LogP contribution is 2.18. The number of hydrogen-bond donors (Lipinski definition) is 2. The van der Waals surface area contributed by atoms with Gasteiger partial charge in [-0.1, -0.05) is 24.3 Å². The number of ether oxygens (including phenoxy) is 1. The van der Waals surface area contributed by atoms with Gasteiger partial charge in [0.2, 0.25) is 0 Å². The summed E-state index contributed by atoms with van der Waals surface area (Å²) in [6.45, 7) is 0. The second-order valence-electron chi connectivity index (χ2n) is 6.02. The van der Waals surface area contributed by atoms with E-state index in [0.717, 1.165) is 0 Å². The molecule has 3 rings (SSSR count). The summed E-state index contributed by atoms with van der Waals surface area (Å²) in [7, 11) is -2.49. The van der Waals surface area contributed by atoms with Gasteiger partial charge in [-0.15, -0.1) is 0 Å². The number of carbonyl (C=O) groups is 2. The number of sulfonamides is 1. The van der Waals surface area contributed by atoms with Crippen molar-refractivity contribution in [3.05, 3.63) is 90.0 Å². The van der Waals surface area contributed by atoms with Crippen LogP contribution in [0.25, 0.3) is 0 Å². The van der Waals surface area contributed by atoms with Crippen molar-refractivity contribution < 1.29 is 22.7 Å². The predicted molar refractivity (Wildman–Crippen MR) is 109 cm³/mol. The third-order valence-corrected chi connectivity index (χ3v) is 5.39. The maximum absolute atomic E-state index is 12.4. The molecule has 7 nitrogen and oxygen atoms in total. The van der Waals surface area contributed by atoms with E-state index in [1.54, 1.807) is 48.5 Å². The number of anilines is 2. The van der Waals surface area contributed by atoms with Crippen LogP contribution in [0.2, 0.25) is 0 Å². The minimum atomic E-state index is -3.77. The third-order valence-electron chi connectivity index (χ3n) is 3.99. The van der Waals surface area contributed by atoms with E-state index in [4.69, 9.17) is 0 Å². The minimum Gasteiger partial charge on any atom is -0.465 e. The molecule has 148 valence electrons. The van der Waals surface area contributed by atoms with E-state index < -0.39 is 21.9 Å². The number of nitrogens with one attached hydrogen (secondary N) is 2. The number of methoxy groups -OCH3 is 1. The molecule has 3 aromatic rings.